The molecule has 0 fully saturated rings. The molecular weight excluding hydrogens is 204 g/mol. The molecule has 1 rings (SSSR count). The van der Waals surface area contributed by atoms with Crippen LogP contribution in [-0.4, -0.2) is 20.9 Å². The molecule has 0 spiro atoms. The Labute approximate surface area is 96.3 Å². The molecule has 0 aromatic carbocycles. The van der Waals surface area contributed by atoms with E-state index >= 15 is 0 Å². The number of aromatic nitrogens is 2. The second-order valence-electron chi connectivity index (χ2n) is 4.62. The van der Waals surface area contributed by atoms with E-state index in [1.54, 1.807) is 0 Å². The first-order valence-electron chi connectivity index (χ1n) is 5.62. The van der Waals surface area contributed by atoms with E-state index in [1.165, 1.54) is 0 Å². The number of hydrogen-bond donors (Lipinski definition) is 1. The van der Waals surface area contributed by atoms with Crippen LogP contribution in [0.15, 0.2) is 0 Å². The van der Waals surface area contributed by atoms with Gasteiger partial charge in [-0.25, -0.2) is 0 Å². The molecule has 1 atom stereocenters. The van der Waals surface area contributed by atoms with Gasteiger partial charge in [0.05, 0.1) is 12.1 Å². The van der Waals surface area contributed by atoms with Crippen LogP contribution in [-0.2, 0) is 4.79 Å². The SMILES string of the molecule is Cc1nn(C(C)C)c(C)c1C(C)CC(=O)O. The second-order valence-corrected chi connectivity index (χ2v) is 4.62. The summed E-state index contributed by atoms with van der Waals surface area (Å²) in [4.78, 5) is 10.7. The fraction of sp³-hybridized carbons (Fsp3) is 0.667. The fourth-order valence-corrected chi connectivity index (χ4v) is 2.26. The molecule has 16 heavy (non-hydrogen) atoms. The van der Waals surface area contributed by atoms with Crippen molar-refractivity contribution in [3.8, 4) is 0 Å². The van der Waals surface area contributed by atoms with Crippen molar-refractivity contribution in [1.29, 1.82) is 0 Å². The third-order valence-corrected chi connectivity index (χ3v) is 2.84. The second kappa shape index (κ2) is 4.68. The lowest BCUT2D eigenvalue weighted by atomic mass is 9.96. The van der Waals surface area contributed by atoms with Crippen molar-refractivity contribution in [3.63, 3.8) is 0 Å². The minimum absolute atomic E-state index is 0.0185. The first-order valence-corrected chi connectivity index (χ1v) is 5.62. The number of aryl methyl sites for hydroxylation is 1. The Hall–Kier alpha value is -1.32. The summed E-state index contributed by atoms with van der Waals surface area (Å²) in [5.41, 5.74) is 3.11. The van der Waals surface area contributed by atoms with E-state index in [0.29, 0.717) is 6.04 Å². The molecule has 1 aromatic rings. The van der Waals surface area contributed by atoms with Gasteiger partial charge in [0.2, 0.25) is 0 Å². The van der Waals surface area contributed by atoms with E-state index in [1.807, 2.05) is 25.5 Å². The number of nitrogens with zero attached hydrogens (tertiary/aromatic N) is 2. The maximum Gasteiger partial charge on any atom is 0.303 e. The number of hydrogen-bond acceptors (Lipinski definition) is 2. The Morgan fingerprint density at radius 2 is 1.94 bits per heavy atom. The molecule has 0 radical (unpaired) electrons. The van der Waals surface area contributed by atoms with Crippen LogP contribution in [0.5, 0.6) is 0 Å². The van der Waals surface area contributed by atoms with Gasteiger partial charge >= 0.3 is 5.97 Å². The number of rotatable bonds is 4. The molecule has 1 heterocycles. The molecule has 1 unspecified atom stereocenters. The lowest BCUT2D eigenvalue weighted by molar-refractivity contribution is -0.137. The highest BCUT2D eigenvalue weighted by molar-refractivity contribution is 5.68. The Kier molecular flexibility index (Phi) is 3.73. The van der Waals surface area contributed by atoms with Crippen molar-refractivity contribution < 1.29 is 9.90 Å². The molecule has 0 amide bonds. The van der Waals surface area contributed by atoms with Crippen LogP contribution in [0.25, 0.3) is 0 Å². The van der Waals surface area contributed by atoms with Gasteiger partial charge in [-0.2, -0.15) is 5.10 Å². The molecule has 0 aliphatic heterocycles. The predicted molar refractivity (Wildman–Crippen MR) is 62.8 cm³/mol. The fourth-order valence-electron chi connectivity index (χ4n) is 2.26. The molecule has 4 heteroatoms. The van der Waals surface area contributed by atoms with Gasteiger partial charge < -0.3 is 5.11 Å². The Morgan fingerprint density at radius 3 is 2.31 bits per heavy atom. The Morgan fingerprint density at radius 1 is 1.38 bits per heavy atom. The molecule has 1 N–H and O–H groups in total. The molecule has 4 nitrogen and oxygen atoms in total. The maximum atomic E-state index is 10.7. The van der Waals surface area contributed by atoms with E-state index < -0.39 is 5.97 Å². The van der Waals surface area contributed by atoms with Crippen LogP contribution in [0.4, 0.5) is 0 Å². The molecule has 0 saturated heterocycles. The van der Waals surface area contributed by atoms with E-state index in [2.05, 4.69) is 18.9 Å². The van der Waals surface area contributed by atoms with Crippen molar-refractivity contribution in [1.82, 2.24) is 9.78 Å². The summed E-state index contributed by atoms with van der Waals surface area (Å²) in [6.45, 7) is 10.0. The minimum Gasteiger partial charge on any atom is -0.481 e. The number of aliphatic carboxylic acids is 1. The summed E-state index contributed by atoms with van der Waals surface area (Å²) < 4.78 is 1.96. The zero-order valence-electron chi connectivity index (χ0n) is 10.6. The van der Waals surface area contributed by atoms with Crippen molar-refractivity contribution in [2.75, 3.05) is 0 Å². The van der Waals surface area contributed by atoms with Gasteiger partial charge in [-0.3, -0.25) is 9.48 Å². The molecule has 0 aliphatic rings. The minimum atomic E-state index is -0.761. The van der Waals surface area contributed by atoms with Gasteiger partial charge in [-0.15, -0.1) is 0 Å². The summed E-state index contributed by atoms with van der Waals surface area (Å²) in [5, 5.41) is 13.3. The zero-order chi connectivity index (χ0) is 12.5. The molecule has 0 aliphatic carbocycles. The van der Waals surface area contributed by atoms with E-state index in [-0.39, 0.29) is 12.3 Å². The predicted octanol–water partition coefficient (Wildman–Crippen LogP) is 2.66. The summed E-state index contributed by atoms with van der Waals surface area (Å²) in [7, 11) is 0. The van der Waals surface area contributed by atoms with E-state index in [0.717, 1.165) is 17.0 Å². The molecular formula is C12H20N2O2. The van der Waals surface area contributed by atoms with Crippen LogP contribution in [0.2, 0.25) is 0 Å². The van der Waals surface area contributed by atoms with Gasteiger partial charge in [-0.05, 0) is 39.2 Å². The first-order chi connectivity index (χ1) is 7.34. The Balaban J connectivity index is 3.09. The van der Waals surface area contributed by atoms with Gasteiger partial charge in [0.1, 0.15) is 0 Å². The molecule has 0 bridgehead atoms. The first kappa shape index (κ1) is 12.7. The summed E-state index contributed by atoms with van der Waals surface area (Å²) in [5.74, 6) is -0.742. The van der Waals surface area contributed by atoms with Crippen molar-refractivity contribution in [3.05, 3.63) is 17.0 Å². The average Bonchev–Trinajstić information content (AvgIpc) is 2.40. The number of carboxylic acid groups (broad SMARTS) is 1. The van der Waals surface area contributed by atoms with Crippen LogP contribution in [0, 0.1) is 13.8 Å². The number of carboxylic acids is 1. The van der Waals surface area contributed by atoms with Gasteiger partial charge in [0.25, 0.3) is 0 Å². The Bertz CT molecular complexity index is 394. The quantitative estimate of drug-likeness (QED) is 0.855. The monoisotopic (exact) mass is 224 g/mol. The van der Waals surface area contributed by atoms with Gasteiger partial charge in [-0.1, -0.05) is 6.92 Å². The van der Waals surface area contributed by atoms with Crippen LogP contribution in [0.3, 0.4) is 0 Å². The zero-order valence-corrected chi connectivity index (χ0v) is 10.6. The molecule has 1 aromatic heterocycles. The van der Waals surface area contributed by atoms with E-state index in [4.69, 9.17) is 5.11 Å². The standard InChI is InChI=1S/C12H20N2O2/c1-7(2)14-10(5)12(9(4)13-14)8(3)6-11(15)16/h7-8H,6H2,1-5H3,(H,15,16). The lowest BCUT2D eigenvalue weighted by Crippen LogP contribution is -2.07. The van der Waals surface area contributed by atoms with Crippen LogP contribution in [0.1, 0.15) is 56.1 Å². The summed E-state index contributed by atoms with van der Waals surface area (Å²) in [6.07, 6.45) is 0.158. The highest BCUT2D eigenvalue weighted by atomic mass is 16.4. The normalized spacial score (nSPS) is 13.1. The number of carbonyl (C=O) groups is 1. The molecule has 90 valence electrons. The van der Waals surface area contributed by atoms with Crippen LogP contribution < -0.4 is 0 Å². The maximum absolute atomic E-state index is 10.7. The highest BCUT2D eigenvalue weighted by Crippen LogP contribution is 2.27. The van der Waals surface area contributed by atoms with Gasteiger partial charge in [0.15, 0.2) is 0 Å². The summed E-state index contributed by atoms with van der Waals surface area (Å²) in [6, 6.07) is 0.310. The topological polar surface area (TPSA) is 55.1 Å². The van der Waals surface area contributed by atoms with Crippen LogP contribution >= 0.6 is 0 Å². The molecule has 0 saturated carbocycles. The smallest absolute Gasteiger partial charge is 0.303 e. The van der Waals surface area contributed by atoms with Crippen molar-refractivity contribution in [2.45, 2.75) is 53.0 Å². The third kappa shape index (κ3) is 2.43. The van der Waals surface area contributed by atoms with Crippen molar-refractivity contribution >= 4 is 5.97 Å². The average molecular weight is 224 g/mol. The third-order valence-electron chi connectivity index (χ3n) is 2.84. The van der Waals surface area contributed by atoms with Gasteiger partial charge in [0, 0.05) is 11.7 Å². The lowest BCUT2D eigenvalue weighted by Gasteiger charge is -2.11. The largest absolute Gasteiger partial charge is 0.481 e. The van der Waals surface area contributed by atoms with Crippen molar-refractivity contribution in [2.24, 2.45) is 0 Å². The highest BCUT2D eigenvalue weighted by Gasteiger charge is 2.20. The summed E-state index contributed by atoms with van der Waals surface area (Å²) >= 11 is 0. The van der Waals surface area contributed by atoms with E-state index in [9.17, 15) is 4.79 Å².